The van der Waals surface area contributed by atoms with Gasteiger partial charge in [-0.15, -0.1) is 11.3 Å². The first-order valence-corrected chi connectivity index (χ1v) is 7.41. The lowest BCUT2D eigenvalue weighted by molar-refractivity contribution is 0.418. The first kappa shape index (κ1) is 11.7. The first-order valence-electron chi connectivity index (χ1n) is 6.53. The second kappa shape index (κ2) is 4.18. The largest absolute Gasteiger partial charge is 0.390 e. The number of aromatic nitrogens is 2. The molecular weight excluding hydrogens is 270 g/mol. The fraction of sp³-hybridized carbons (Fsp3) is 0.200. The predicted octanol–water partition coefficient (Wildman–Crippen LogP) is 3.46. The number of nitrogens with two attached hydrogens (primary N) is 1. The zero-order chi connectivity index (χ0) is 13.6. The summed E-state index contributed by atoms with van der Waals surface area (Å²) in [6.07, 6.45) is 2.13. The molecule has 4 rings (SSSR count). The second-order valence-corrected chi connectivity index (χ2v) is 6.02. The van der Waals surface area contributed by atoms with Crippen LogP contribution in [0, 0.1) is 0 Å². The average Bonchev–Trinajstić information content (AvgIpc) is 2.94. The van der Waals surface area contributed by atoms with E-state index in [1.54, 1.807) is 0 Å². The summed E-state index contributed by atoms with van der Waals surface area (Å²) >= 11 is 1.48. The van der Waals surface area contributed by atoms with Crippen molar-refractivity contribution in [3.05, 3.63) is 53.2 Å². The van der Waals surface area contributed by atoms with Crippen molar-refractivity contribution < 1.29 is 4.52 Å². The van der Waals surface area contributed by atoms with Crippen LogP contribution in [0.25, 0.3) is 11.5 Å². The normalized spacial score (nSPS) is 16.2. The van der Waals surface area contributed by atoms with Gasteiger partial charge in [-0.1, -0.05) is 35.5 Å². The molecule has 0 bridgehead atoms. The van der Waals surface area contributed by atoms with Crippen molar-refractivity contribution in [2.45, 2.75) is 18.3 Å². The summed E-state index contributed by atoms with van der Waals surface area (Å²) in [6, 6.07) is 12.3. The van der Waals surface area contributed by atoms with Gasteiger partial charge in [0, 0.05) is 0 Å². The van der Waals surface area contributed by atoms with E-state index in [4.69, 9.17) is 10.3 Å². The van der Waals surface area contributed by atoms with Crippen LogP contribution in [-0.4, -0.2) is 10.1 Å². The predicted molar refractivity (Wildman–Crippen MR) is 78.5 cm³/mol. The Bertz CT molecular complexity index is 743. The minimum atomic E-state index is -0.0617. The molecule has 5 heteroatoms. The molecule has 1 aliphatic rings. The third kappa shape index (κ3) is 1.67. The van der Waals surface area contributed by atoms with Crippen LogP contribution < -0.4 is 5.73 Å². The average molecular weight is 283 g/mol. The minimum absolute atomic E-state index is 0.0617. The lowest BCUT2D eigenvalue weighted by atomic mass is 9.95. The highest BCUT2D eigenvalue weighted by atomic mass is 32.1. The maximum atomic E-state index is 5.91. The molecule has 0 aliphatic heterocycles. The Hall–Kier alpha value is -2.14. The van der Waals surface area contributed by atoms with E-state index < -0.39 is 0 Å². The first-order chi connectivity index (χ1) is 9.79. The van der Waals surface area contributed by atoms with Crippen LogP contribution in [0.3, 0.4) is 0 Å². The summed E-state index contributed by atoms with van der Waals surface area (Å²) in [5.41, 5.74) is 7.93. The molecule has 0 amide bonds. The van der Waals surface area contributed by atoms with Crippen LogP contribution in [0.15, 0.2) is 46.3 Å². The number of thiophene rings is 1. The van der Waals surface area contributed by atoms with Crippen molar-refractivity contribution >= 4 is 16.3 Å². The van der Waals surface area contributed by atoms with Gasteiger partial charge in [0.1, 0.15) is 0 Å². The summed E-state index contributed by atoms with van der Waals surface area (Å²) in [6.45, 7) is 0. The smallest absolute Gasteiger partial charge is 0.260 e. The highest BCUT2D eigenvalue weighted by molar-refractivity contribution is 7.14. The minimum Gasteiger partial charge on any atom is -0.390 e. The molecule has 0 unspecified atom stereocenters. The van der Waals surface area contributed by atoms with Gasteiger partial charge >= 0.3 is 0 Å². The van der Waals surface area contributed by atoms with Crippen molar-refractivity contribution in [3.63, 3.8) is 0 Å². The van der Waals surface area contributed by atoms with Crippen LogP contribution in [0.1, 0.15) is 24.2 Å². The molecule has 0 saturated heterocycles. The van der Waals surface area contributed by atoms with Crippen molar-refractivity contribution in [2.24, 2.45) is 0 Å². The van der Waals surface area contributed by atoms with Gasteiger partial charge in [-0.25, -0.2) is 0 Å². The Kier molecular flexibility index (Phi) is 2.44. The standard InChI is InChI=1S/C15H13N3OS/c16-12-11(6-9-20-12)13-17-14(18-19-13)15(7-8-15)10-4-2-1-3-5-10/h1-6,9H,7-8,16H2. The molecule has 0 atom stereocenters. The summed E-state index contributed by atoms with van der Waals surface area (Å²) in [7, 11) is 0. The lowest BCUT2D eigenvalue weighted by Gasteiger charge is -2.09. The molecule has 100 valence electrons. The zero-order valence-electron chi connectivity index (χ0n) is 10.7. The maximum absolute atomic E-state index is 5.91. The summed E-state index contributed by atoms with van der Waals surface area (Å²) in [5, 5.41) is 6.83. The van der Waals surface area contributed by atoms with Gasteiger partial charge in [0.15, 0.2) is 5.82 Å². The fourth-order valence-electron chi connectivity index (χ4n) is 2.55. The zero-order valence-corrected chi connectivity index (χ0v) is 11.6. The monoisotopic (exact) mass is 283 g/mol. The third-order valence-electron chi connectivity index (χ3n) is 3.86. The van der Waals surface area contributed by atoms with E-state index in [0.29, 0.717) is 10.9 Å². The lowest BCUT2D eigenvalue weighted by Crippen LogP contribution is -2.10. The van der Waals surface area contributed by atoms with Gasteiger partial charge in [-0.05, 0) is 29.9 Å². The maximum Gasteiger partial charge on any atom is 0.260 e. The Morgan fingerprint density at radius 2 is 1.95 bits per heavy atom. The number of nitrogen functional groups attached to an aromatic ring is 1. The Balaban J connectivity index is 1.74. The molecule has 2 aromatic heterocycles. The van der Waals surface area contributed by atoms with Gasteiger partial charge in [-0.2, -0.15) is 4.98 Å². The Labute approximate surface area is 120 Å². The molecule has 2 heterocycles. The molecule has 1 saturated carbocycles. The molecule has 1 aromatic carbocycles. The quantitative estimate of drug-likeness (QED) is 0.799. The summed E-state index contributed by atoms with van der Waals surface area (Å²) < 4.78 is 5.40. The molecular formula is C15H13N3OS. The van der Waals surface area contributed by atoms with Crippen LogP contribution in [0.5, 0.6) is 0 Å². The molecule has 3 aromatic rings. The number of benzene rings is 1. The van der Waals surface area contributed by atoms with Crippen LogP contribution in [0.2, 0.25) is 0 Å². The van der Waals surface area contributed by atoms with Crippen molar-refractivity contribution in [2.75, 3.05) is 5.73 Å². The molecule has 4 nitrogen and oxygen atoms in total. The molecule has 1 fully saturated rings. The van der Waals surface area contributed by atoms with E-state index in [-0.39, 0.29) is 5.41 Å². The summed E-state index contributed by atoms with van der Waals surface area (Å²) in [5.74, 6) is 1.28. The van der Waals surface area contributed by atoms with Crippen LogP contribution in [-0.2, 0) is 5.41 Å². The highest BCUT2D eigenvalue weighted by Gasteiger charge is 2.50. The van der Waals surface area contributed by atoms with Crippen molar-refractivity contribution in [1.29, 1.82) is 0 Å². The van der Waals surface area contributed by atoms with E-state index >= 15 is 0 Å². The SMILES string of the molecule is Nc1sccc1-c1nc(C2(c3ccccc3)CC2)no1. The molecule has 0 spiro atoms. The summed E-state index contributed by atoms with van der Waals surface area (Å²) in [4.78, 5) is 4.57. The number of hydrogen-bond donors (Lipinski definition) is 1. The van der Waals surface area contributed by atoms with Crippen LogP contribution in [0.4, 0.5) is 5.00 Å². The number of hydrogen-bond acceptors (Lipinski definition) is 5. The van der Waals surface area contributed by atoms with Gasteiger partial charge < -0.3 is 10.3 Å². The van der Waals surface area contributed by atoms with E-state index in [9.17, 15) is 0 Å². The van der Waals surface area contributed by atoms with Crippen LogP contribution >= 0.6 is 11.3 Å². The molecule has 0 radical (unpaired) electrons. The number of anilines is 1. The Morgan fingerprint density at radius 1 is 1.15 bits per heavy atom. The van der Waals surface area contributed by atoms with Crippen molar-refractivity contribution in [1.82, 2.24) is 10.1 Å². The Morgan fingerprint density at radius 3 is 2.60 bits per heavy atom. The topological polar surface area (TPSA) is 64.9 Å². The van der Waals surface area contributed by atoms with E-state index in [2.05, 4.69) is 22.3 Å². The number of rotatable bonds is 3. The molecule has 1 aliphatic carbocycles. The highest BCUT2D eigenvalue weighted by Crippen LogP contribution is 2.52. The third-order valence-corrected chi connectivity index (χ3v) is 4.60. The van der Waals surface area contributed by atoms with E-state index in [1.807, 2.05) is 29.6 Å². The molecule has 2 N–H and O–H groups in total. The number of nitrogens with zero attached hydrogens (tertiary/aromatic N) is 2. The van der Waals surface area contributed by atoms with Gasteiger partial charge in [0.05, 0.1) is 16.0 Å². The fourth-order valence-corrected chi connectivity index (χ4v) is 3.18. The van der Waals surface area contributed by atoms with Gasteiger partial charge in [0.2, 0.25) is 0 Å². The van der Waals surface area contributed by atoms with Gasteiger partial charge in [-0.3, -0.25) is 0 Å². The molecule has 20 heavy (non-hydrogen) atoms. The van der Waals surface area contributed by atoms with Crippen molar-refractivity contribution in [3.8, 4) is 11.5 Å². The van der Waals surface area contributed by atoms with E-state index in [0.717, 1.165) is 24.2 Å². The van der Waals surface area contributed by atoms with Gasteiger partial charge in [0.25, 0.3) is 5.89 Å². The van der Waals surface area contributed by atoms with E-state index in [1.165, 1.54) is 16.9 Å². The second-order valence-electron chi connectivity index (χ2n) is 5.07.